The fraction of sp³-hybridized carbons (Fsp3) is 0.222. The topological polar surface area (TPSA) is 38.7 Å². The summed E-state index contributed by atoms with van der Waals surface area (Å²) < 4.78 is 10.4. The second-order valence-electron chi connectivity index (χ2n) is 4.95. The van der Waals surface area contributed by atoms with E-state index in [0.717, 1.165) is 28.0 Å². The van der Waals surface area contributed by atoms with Gasteiger partial charge in [0.15, 0.2) is 11.5 Å². The summed E-state index contributed by atoms with van der Waals surface area (Å²) in [5.74, 6) is 1.54. The van der Waals surface area contributed by atoms with E-state index in [1.54, 1.807) is 19.2 Å². The minimum absolute atomic E-state index is 0.141. The molecule has 0 radical (unpaired) electrons. The van der Waals surface area contributed by atoms with Crippen LogP contribution in [-0.2, 0) is 0 Å². The van der Waals surface area contributed by atoms with E-state index >= 15 is 0 Å². The molecule has 3 heteroatoms. The molecule has 0 saturated heterocycles. The van der Waals surface area contributed by atoms with Crippen molar-refractivity contribution in [3.05, 3.63) is 52.6 Å². The third-order valence-electron chi connectivity index (χ3n) is 3.36. The molecule has 110 valence electrons. The second kappa shape index (κ2) is 6.35. The molecule has 0 spiro atoms. The van der Waals surface area contributed by atoms with Gasteiger partial charge in [0.25, 0.3) is 0 Å². The van der Waals surface area contributed by atoms with Crippen LogP contribution in [0.4, 0.5) is 0 Å². The van der Waals surface area contributed by atoms with Gasteiger partial charge >= 0.3 is 0 Å². The number of rotatable bonds is 4. The number of aryl methyl sites for hydroxylation is 2. The SMILES string of the molecule is COc1ccc(/C=C\c2cc(C)c(OC)c(C)c2)cc1O. The molecule has 2 aromatic rings. The molecule has 0 atom stereocenters. The van der Waals surface area contributed by atoms with Gasteiger partial charge in [-0.2, -0.15) is 0 Å². The Hall–Kier alpha value is -2.42. The smallest absolute Gasteiger partial charge is 0.160 e. The van der Waals surface area contributed by atoms with Gasteiger partial charge in [0.2, 0.25) is 0 Å². The quantitative estimate of drug-likeness (QED) is 0.855. The molecule has 0 saturated carbocycles. The van der Waals surface area contributed by atoms with E-state index in [-0.39, 0.29) is 5.75 Å². The highest BCUT2D eigenvalue weighted by molar-refractivity contribution is 5.72. The minimum atomic E-state index is 0.141. The van der Waals surface area contributed by atoms with Crippen LogP contribution in [0, 0.1) is 13.8 Å². The molecule has 0 aliphatic heterocycles. The zero-order valence-corrected chi connectivity index (χ0v) is 12.8. The van der Waals surface area contributed by atoms with Gasteiger partial charge in [0.1, 0.15) is 5.75 Å². The lowest BCUT2D eigenvalue weighted by Gasteiger charge is -2.09. The Bertz CT molecular complexity index is 649. The highest BCUT2D eigenvalue weighted by Gasteiger charge is 2.04. The zero-order valence-electron chi connectivity index (χ0n) is 12.8. The minimum Gasteiger partial charge on any atom is -0.504 e. The molecule has 0 amide bonds. The molecule has 0 bridgehead atoms. The first kappa shape index (κ1) is 15.0. The van der Waals surface area contributed by atoms with Crippen LogP contribution in [0.1, 0.15) is 22.3 Å². The normalized spacial score (nSPS) is 10.9. The van der Waals surface area contributed by atoms with Gasteiger partial charge in [-0.05, 0) is 60.4 Å². The molecule has 0 aliphatic carbocycles. The van der Waals surface area contributed by atoms with Crippen LogP contribution in [0.5, 0.6) is 17.2 Å². The van der Waals surface area contributed by atoms with E-state index in [1.807, 2.05) is 32.1 Å². The van der Waals surface area contributed by atoms with Gasteiger partial charge in [-0.15, -0.1) is 0 Å². The highest BCUT2D eigenvalue weighted by Crippen LogP contribution is 2.28. The van der Waals surface area contributed by atoms with E-state index in [1.165, 1.54) is 7.11 Å². The Morgan fingerprint density at radius 2 is 1.48 bits per heavy atom. The third-order valence-corrected chi connectivity index (χ3v) is 3.36. The van der Waals surface area contributed by atoms with Gasteiger partial charge < -0.3 is 14.6 Å². The molecule has 0 heterocycles. The summed E-state index contributed by atoms with van der Waals surface area (Å²) in [4.78, 5) is 0. The predicted octanol–water partition coefficient (Wildman–Crippen LogP) is 4.20. The van der Waals surface area contributed by atoms with E-state index in [4.69, 9.17) is 9.47 Å². The lowest BCUT2D eigenvalue weighted by atomic mass is 10.0. The first-order chi connectivity index (χ1) is 10.0. The number of benzene rings is 2. The molecule has 1 N–H and O–H groups in total. The van der Waals surface area contributed by atoms with Crippen molar-refractivity contribution in [2.24, 2.45) is 0 Å². The second-order valence-corrected chi connectivity index (χ2v) is 4.95. The third kappa shape index (κ3) is 3.37. The van der Waals surface area contributed by atoms with Crippen molar-refractivity contribution in [2.45, 2.75) is 13.8 Å². The first-order valence-electron chi connectivity index (χ1n) is 6.75. The van der Waals surface area contributed by atoms with Gasteiger partial charge in [-0.3, -0.25) is 0 Å². The van der Waals surface area contributed by atoms with Crippen LogP contribution in [-0.4, -0.2) is 19.3 Å². The lowest BCUT2D eigenvalue weighted by molar-refractivity contribution is 0.373. The Balaban J connectivity index is 2.27. The molecule has 0 fully saturated rings. The van der Waals surface area contributed by atoms with Crippen molar-refractivity contribution >= 4 is 12.2 Å². The fourth-order valence-corrected chi connectivity index (χ4v) is 2.41. The lowest BCUT2D eigenvalue weighted by Crippen LogP contribution is -1.91. The summed E-state index contributed by atoms with van der Waals surface area (Å²) >= 11 is 0. The largest absolute Gasteiger partial charge is 0.504 e. The maximum absolute atomic E-state index is 9.77. The molecule has 0 aliphatic rings. The van der Waals surface area contributed by atoms with Crippen LogP contribution in [0.15, 0.2) is 30.3 Å². The summed E-state index contributed by atoms with van der Waals surface area (Å²) in [6.07, 6.45) is 3.97. The molecule has 2 rings (SSSR count). The molecule has 21 heavy (non-hydrogen) atoms. The summed E-state index contributed by atoms with van der Waals surface area (Å²) in [7, 11) is 3.22. The van der Waals surface area contributed by atoms with Crippen LogP contribution in [0.2, 0.25) is 0 Å². The standard InChI is InChI=1S/C18H20O3/c1-12-9-15(10-13(2)18(12)21-4)6-5-14-7-8-17(20-3)16(19)11-14/h5-11,19H,1-4H3/b6-5-. The number of methoxy groups -OCH3 is 2. The van der Waals surface area contributed by atoms with Crippen molar-refractivity contribution in [3.8, 4) is 17.2 Å². The van der Waals surface area contributed by atoms with Gasteiger partial charge in [0, 0.05) is 0 Å². The highest BCUT2D eigenvalue weighted by atomic mass is 16.5. The van der Waals surface area contributed by atoms with Crippen molar-refractivity contribution in [3.63, 3.8) is 0 Å². The number of hydrogen-bond acceptors (Lipinski definition) is 3. The average molecular weight is 284 g/mol. The molecule has 0 aromatic heterocycles. The number of ether oxygens (including phenoxy) is 2. The van der Waals surface area contributed by atoms with Gasteiger partial charge in [-0.25, -0.2) is 0 Å². The van der Waals surface area contributed by atoms with E-state index in [9.17, 15) is 5.11 Å². The monoisotopic (exact) mass is 284 g/mol. The predicted molar refractivity (Wildman–Crippen MR) is 86.1 cm³/mol. The fourth-order valence-electron chi connectivity index (χ4n) is 2.41. The first-order valence-corrected chi connectivity index (χ1v) is 6.75. The van der Waals surface area contributed by atoms with Crippen molar-refractivity contribution in [2.75, 3.05) is 14.2 Å². The molecule has 2 aromatic carbocycles. The summed E-state index contributed by atoms with van der Waals surface area (Å²) in [6.45, 7) is 4.06. The summed E-state index contributed by atoms with van der Waals surface area (Å²) in [5, 5.41) is 9.77. The van der Waals surface area contributed by atoms with Crippen LogP contribution >= 0.6 is 0 Å². The van der Waals surface area contributed by atoms with Crippen molar-refractivity contribution in [1.82, 2.24) is 0 Å². The number of aromatic hydroxyl groups is 1. The maximum atomic E-state index is 9.77. The Labute approximate surface area is 125 Å². The Morgan fingerprint density at radius 3 is 2.00 bits per heavy atom. The van der Waals surface area contributed by atoms with E-state index < -0.39 is 0 Å². The molecular weight excluding hydrogens is 264 g/mol. The zero-order chi connectivity index (χ0) is 15.4. The van der Waals surface area contributed by atoms with Crippen LogP contribution in [0.3, 0.4) is 0 Å². The van der Waals surface area contributed by atoms with Crippen molar-refractivity contribution in [1.29, 1.82) is 0 Å². The molecule has 0 unspecified atom stereocenters. The van der Waals surface area contributed by atoms with Crippen LogP contribution < -0.4 is 9.47 Å². The Kier molecular flexibility index (Phi) is 4.53. The molecular formula is C18H20O3. The average Bonchev–Trinajstić information content (AvgIpc) is 2.45. The van der Waals surface area contributed by atoms with Gasteiger partial charge in [-0.1, -0.05) is 18.2 Å². The number of hydrogen-bond donors (Lipinski definition) is 1. The number of phenols is 1. The molecule has 3 nitrogen and oxygen atoms in total. The van der Waals surface area contributed by atoms with Crippen LogP contribution in [0.25, 0.3) is 12.2 Å². The van der Waals surface area contributed by atoms with Gasteiger partial charge in [0.05, 0.1) is 14.2 Å². The summed E-state index contributed by atoms with van der Waals surface area (Å²) in [6, 6.07) is 9.48. The maximum Gasteiger partial charge on any atom is 0.160 e. The number of phenolic OH excluding ortho intramolecular Hbond substituents is 1. The van der Waals surface area contributed by atoms with E-state index in [2.05, 4.69) is 12.1 Å². The van der Waals surface area contributed by atoms with Crippen molar-refractivity contribution < 1.29 is 14.6 Å². The van der Waals surface area contributed by atoms with E-state index in [0.29, 0.717) is 5.75 Å². The summed E-state index contributed by atoms with van der Waals surface area (Å²) in [5.41, 5.74) is 4.23. The Morgan fingerprint density at radius 1 is 0.857 bits per heavy atom.